The number of unbranched alkanes of at least 4 members (excludes halogenated alkanes) is 12. The number of aryl methyl sites for hydroxylation is 2. The number of carbonyl (C=O) groups is 2. The summed E-state index contributed by atoms with van der Waals surface area (Å²) in [5.74, 6) is -0.179. The summed E-state index contributed by atoms with van der Waals surface area (Å²) in [5, 5.41) is 0.706. The van der Waals surface area contributed by atoms with Gasteiger partial charge in [-0.25, -0.2) is 14.6 Å². The number of esters is 2. The Labute approximate surface area is 321 Å². The molecule has 9 heteroatoms. The molecule has 0 aliphatic heterocycles. The van der Waals surface area contributed by atoms with Crippen LogP contribution in [0.3, 0.4) is 0 Å². The van der Waals surface area contributed by atoms with Gasteiger partial charge in [0.2, 0.25) is 0 Å². The van der Waals surface area contributed by atoms with Gasteiger partial charge in [-0.2, -0.15) is 0 Å². The summed E-state index contributed by atoms with van der Waals surface area (Å²) in [6.07, 6.45) is 16.9. The van der Waals surface area contributed by atoms with Crippen LogP contribution in [0, 0.1) is 6.92 Å². The van der Waals surface area contributed by atoms with Crippen molar-refractivity contribution in [3.63, 3.8) is 0 Å². The van der Waals surface area contributed by atoms with Crippen LogP contribution in [0.1, 0.15) is 156 Å². The van der Waals surface area contributed by atoms with E-state index >= 15 is 0 Å². The first-order chi connectivity index (χ1) is 25.6. The summed E-state index contributed by atoms with van der Waals surface area (Å²) in [6.45, 7) is 11.7. The maximum Gasteiger partial charge on any atom is 0.340 e. The van der Waals surface area contributed by atoms with Crippen molar-refractivity contribution in [2.45, 2.75) is 155 Å². The van der Waals surface area contributed by atoms with Crippen LogP contribution in [0.4, 0.5) is 0 Å². The Hall–Kier alpha value is -3.85. The summed E-state index contributed by atoms with van der Waals surface area (Å²) < 4.78 is 17.7. The average Bonchev–Trinajstić information content (AvgIpc) is 3.55. The summed E-state index contributed by atoms with van der Waals surface area (Å²) >= 11 is 1.44. The van der Waals surface area contributed by atoms with Gasteiger partial charge in [0, 0.05) is 16.9 Å². The standard InChI is InChI=1S/C44H61N3O5S/c1-8-9-10-11-12-13-14-15-16-17-18-19-20-24-33-25-23-28-37(51-30(2)3)39(33)41-38(43(49)52-31(4)5)32(6)45-36(40(41)42(48)50-7)29-53-44-46-34-26-21-22-27-35(34)47-44/h21-23,25-28,30-31H,8-20,24,29H2,1-7H3,(H,46,47). The Bertz CT molecular complexity index is 1730. The van der Waals surface area contributed by atoms with Gasteiger partial charge in [0.1, 0.15) is 5.75 Å². The molecule has 0 unspecified atom stereocenters. The van der Waals surface area contributed by atoms with Crippen molar-refractivity contribution in [1.29, 1.82) is 0 Å². The molecule has 0 spiro atoms. The normalized spacial score (nSPS) is 11.5. The van der Waals surface area contributed by atoms with Gasteiger partial charge in [-0.15, -0.1) is 0 Å². The highest BCUT2D eigenvalue weighted by molar-refractivity contribution is 7.98. The molecule has 0 atom stereocenters. The maximum absolute atomic E-state index is 14.0. The van der Waals surface area contributed by atoms with Crippen LogP contribution < -0.4 is 4.74 Å². The van der Waals surface area contributed by atoms with Crippen LogP contribution in [0.15, 0.2) is 47.6 Å². The highest BCUT2D eigenvalue weighted by atomic mass is 32.2. The van der Waals surface area contributed by atoms with Crippen LogP contribution in [0.5, 0.6) is 5.75 Å². The fourth-order valence-corrected chi connectivity index (χ4v) is 7.68. The van der Waals surface area contributed by atoms with Gasteiger partial charge < -0.3 is 19.2 Å². The molecule has 2 heterocycles. The third-order valence-electron chi connectivity index (χ3n) is 9.38. The van der Waals surface area contributed by atoms with Gasteiger partial charge >= 0.3 is 11.9 Å². The van der Waals surface area contributed by atoms with Gasteiger partial charge in [-0.3, -0.25) is 4.98 Å². The van der Waals surface area contributed by atoms with Gasteiger partial charge in [-0.1, -0.05) is 120 Å². The summed E-state index contributed by atoms with van der Waals surface area (Å²) in [4.78, 5) is 40.9. The fourth-order valence-electron chi connectivity index (χ4n) is 6.85. The van der Waals surface area contributed by atoms with Crippen molar-refractivity contribution in [2.75, 3.05) is 7.11 Å². The number of thioether (sulfide) groups is 1. The molecule has 2 aromatic heterocycles. The number of methoxy groups -OCH3 is 1. The van der Waals surface area contributed by atoms with E-state index in [1.807, 2.05) is 64.1 Å². The molecule has 4 aromatic rings. The van der Waals surface area contributed by atoms with Gasteiger partial charge in [0.25, 0.3) is 0 Å². The number of para-hydroxylation sites is 2. The van der Waals surface area contributed by atoms with E-state index in [0.29, 0.717) is 33.6 Å². The third kappa shape index (κ3) is 12.3. The highest BCUT2D eigenvalue weighted by Crippen LogP contribution is 2.42. The molecular weight excluding hydrogens is 683 g/mol. The zero-order chi connectivity index (χ0) is 38.2. The van der Waals surface area contributed by atoms with E-state index in [2.05, 4.69) is 18.0 Å². The maximum atomic E-state index is 14.0. The Morgan fingerprint density at radius 3 is 1.98 bits per heavy atom. The molecule has 8 nitrogen and oxygen atoms in total. The van der Waals surface area contributed by atoms with Crippen molar-refractivity contribution >= 4 is 34.7 Å². The monoisotopic (exact) mass is 743 g/mol. The molecule has 2 aromatic carbocycles. The summed E-state index contributed by atoms with van der Waals surface area (Å²) in [7, 11) is 1.36. The number of nitrogens with zero attached hydrogens (tertiary/aromatic N) is 2. The number of rotatable bonds is 23. The number of ether oxygens (including phenoxy) is 3. The summed E-state index contributed by atoms with van der Waals surface area (Å²) in [6, 6.07) is 13.8. The molecule has 0 aliphatic rings. The lowest BCUT2D eigenvalue weighted by atomic mass is 9.87. The topological polar surface area (TPSA) is 103 Å². The predicted octanol–water partition coefficient (Wildman–Crippen LogP) is 12.0. The molecule has 0 aliphatic carbocycles. The Morgan fingerprint density at radius 2 is 1.38 bits per heavy atom. The first kappa shape index (κ1) is 41.9. The minimum absolute atomic E-state index is 0.140. The highest BCUT2D eigenvalue weighted by Gasteiger charge is 2.32. The molecular formula is C44H61N3O5S. The van der Waals surface area contributed by atoms with Crippen LogP contribution in [0.2, 0.25) is 0 Å². The zero-order valence-corrected chi connectivity index (χ0v) is 34.0. The Balaban J connectivity index is 1.65. The number of aromatic nitrogens is 3. The third-order valence-corrected chi connectivity index (χ3v) is 10.3. The number of H-pyrrole nitrogens is 1. The van der Waals surface area contributed by atoms with Gasteiger partial charge in [-0.05, 0) is 71.2 Å². The number of nitrogens with one attached hydrogen (secondary N) is 1. The van der Waals surface area contributed by atoms with E-state index in [4.69, 9.17) is 24.2 Å². The second-order valence-corrected chi connectivity index (χ2v) is 15.5. The SMILES string of the molecule is CCCCCCCCCCCCCCCc1cccc(OC(C)C)c1-c1c(C(=O)OC(C)C)c(C)nc(CSc2nc3ccccc3[nH]2)c1C(=O)OC. The molecule has 0 amide bonds. The molecule has 0 bridgehead atoms. The van der Waals surface area contributed by atoms with Crippen molar-refractivity contribution in [3.8, 4) is 16.9 Å². The van der Waals surface area contributed by atoms with E-state index in [0.717, 1.165) is 41.4 Å². The lowest BCUT2D eigenvalue weighted by Gasteiger charge is -2.24. The number of imidazole rings is 1. The number of fused-ring (bicyclic) bond motifs is 1. The lowest BCUT2D eigenvalue weighted by molar-refractivity contribution is 0.0377. The van der Waals surface area contributed by atoms with E-state index in [1.165, 1.54) is 89.5 Å². The molecule has 0 fully saturated rings. The van der Waals surface area contributed by atoms with Crippen LogP contribution in [0.25, 0.3) is 22.2 Å². The average molecular weight is 744 g/mol. The Kier molecular flexibility index (Phi) is 17.2. The molecule has 0 saturated carbocycles. The molecule has 288 valence electrons. The van der Waals surface area contributed by atoms with Crippen LogP contribution in [-0.2, 0) is 21.6 Å². The van der Waals surface area contributed by atoms with Crippen molar-refractivity contribution in [1.82, 2.24) is 15.0 Å². The number of benzene rings is 2. The molecule has 4 rings (SSSR count). The van der Waals surface area contributed by atoms with E-state index in [-0.39, 0.29) is 23.3 Å². The number of pyridine rings is 1. The minimum Gasteiger partial charge on any atom is -0.490 e. The molecule has 53 heavy (non-hydrogen) atoms. The smallest absolute Gasteiger partial charge is 0.340 e. The van der Waals surface area contributed by atoms with Crippen molar-refractivity contribution in [3.05, 3.63) is 70.5 Å². The van der Waals surface area contributed by atoms with E-state index in [1.54, 1.807) is 6.92 Å². The summed E-state index contributed by atoms with van der Waals surface area (Å²) in [5.41, 5.74) is 5.44. The lowest BCUT2D eigenvalue weighted by Crippen LogP contribution is -2.20. The quantitative estimate of drug-likeness (QED) is 0.0455. The predicted molar refractivity (Wildman–Crippen MR) is 217 cm³/mol. The fraction of sp³-hybridized carbons (Fsp3) is 0.545. The van der Waals surface area contributed by atoms with Crippen molar-refractivity contribution in [2.24, 2.45) is 0 Å². The van der Waals surface area contributed by atoms with Gasteiger partial charge in [0.05, 0.1) is 52.9 Å². The second kappa shape index (κ2) is 21.8. The number of hydrogen-bond donors (Lipinski definition) is 1. The minimum atomic E-state index is -0.572. The molecule has 0 saturated heterocycles. The van der Waals surface area contributed by atoms with E-state index in [9.17, 15) is 9.59 Å². The largest absolute Gasteiger partial charge is 0.490 e. The second-order valence-electron chi connectivity index (χ2n) is 14.5. The van der Waals surface area contributed by atoms with Crippen LogP contribution >= 0.6 is 11.8 Å². The van der Waals surface area contributed by atoms with Crippen LogP contribution in [-0.4, -0.2) is 46.2 Å². The first-order valence-corrected chi connectivity index (χ1v) is 20.8. The number of aromatic amines is 1. The number of hydrogen-bond acceptors (Lipinski definition) is 8. The first-order valence-electron chi connectivity index (χ1n) is 19.8. The molecule has 0 radical (unpaired) electrons. The Morgan fingerprint density at radius 1 is 0.736 bits per heavy atom. The van der Waals surface area contributed by atoms with Crippen molar-refractivity contribution < 1.29 is 23.8 Å². The number of carbonyl (C=O) groups excluding carboxylic acids is 2. The molecule has 1 N–H and O–H groups in total. The zero-order valence-electron chi connectivity index (χ0n) is 33.1. The van der Waals surface area contributed by atoms with Gasteiger partial charge in [0.15, 0.2) is 5.16 Å². The van der Waals surface area contributed by atoms with E-state index < -0.39 is 11.9 Å².